The SMILES string of the molecule is CCCC(C)NCCOc1cccc(N)c1. The monoisotopic (exact) mass is 222 g/mol. The minimum absolute atomic E-state index is 0.564. The predicted molar refractivity (Wildman–Crippen MR) is 68.7 cm³/mol. The number of anilines is 1. The van der Waals surface area contributed by atoms with Gasteiger partial charge in [-0.15, -0.1) is 0 Å². The number of hydrogen-bond donors (Lipinski definition) is 2. The summed E-state index contributed by atoms with van der Waals surface area (Å²) in [7, 11) is 0. The van der Waals surface area contributed by atoms with Gasteiger partial charge < -0.3 is 15.8 Å². The van der Waals surface area contributed by atoms with E-state index in [1.54, 1.807) is 0 Å². The molecular formula is C13H22N2O. The van der Waals surface area contributed by atoms with Crippen molar-refractivity contribution in [1.82, 2.24) is 5.32 Å². The van der Waals surface area contributed by atoms with Gasteiger partial charge >= 0.3 is 0 Å². The van der Waals surface area contributed by atoms with Gasteiger partial charge in [0.15, 0.2) is 0 Å². The van der Waals surface area contributed by atoms with Crippen molar-refractivity contribution in [2.24, 2.45) is 0 Å². The first-order valence-corrected chi connectivity index (χ1v) is 5.94. The van der Waals surface area contributed by atoms with Gasteiger partial charge in [0.05, 0.1) is 0 Å². The van der Waals surface area contributed by atoms with E-state index in [2.05, 4.69) is 19.2 Å². The maximum Gasteiger partial charge on any atom is 0.121 e. The van der Waals surface area contributed by atoms with E-state index in [4.69, 9.17) is 10.5 Å². The van der Waals surface area contributed by atoms with Crippen molar-refractivity contribution < 1.29 is 4.74 Å². The number of rotatable bonds is 7. The van der Waals surface area contributed by atoms with Crippen LogP contribution < -0.4 is 15.8 Å². The highest BCUT2D eigenvalue weighted by molar-refractivity contribution is 5.43. The lowest BCUT2D eigenvalue weighted by Gasteiger charge is -2.13. The molecule has 0 heterocycles. The van der Waals surface area contributed by atoms with Gasteiger partial charge in [-0.2, -0.15) is 0 Å². The molecule has 1 atom stereocenters. The Labute approximate surface area is 98.0 Å². The number of nitrogens with two attached hydrogens (primary N) is 1. The number of nitrogens with one attached hydrogen (secondary N) is 1. The zero-order valence-electron chi connectivity index (χ0n) is 10.2. The Hall–Kier alpha value is -1.22. The molecule has 0 aliphatic carbocycles. The van der Waals surface area contributed by atoms with E-state index < -0.39 is 0 Å². The molecule has 1 aromatic carbocycles. The molecule has 3 heteroatoms. The third-order valence-electron chi connectivity index (χ3n) is 2.44. The maximum atomic E-state index is 5.65. The molecule has 0 aliphatic rings. The van der Waals surface area contributed by atoms with E-state index in [-0.39, 0.29) is 0 Å². The van der Waals surface area contributed by atoms with Crippen LogP contribution in [0.1, 0.15) is 26.7 Å². The van der Waals surface area contributed by atoms with Crippen LogP contribution in [-0.2, 0) is 0 Å². The van der Waals surface area contributed by atoms with Gasteiger partial charge in [0.2, 0.25) is 0 Å². The normalized spacial score (nSPS) is 12.4. The lowest BCUT2D eigenvalue weighted by Crippen LogP contribution is -2.29. The fourth-order valence-corrected chi connectivity index (χ4v) is 1.61. The molecule has 16 heavy (non-hydrogen) atoms. The zero-order valence-corrected chi connectivity index (χ0v) is 10.2. The highest BCUT2D eigenvalue weighted by atomic mass is 16.5. The fraction of sp³-hybridized carbons (Fsp3) is 0.538. The Morgan fingerprint density at radius 3 is 2.94 bits per heavy atom. The zero-order chi connectivity index (χ0) is 11.8. The van der Waals surface area contributed by atoms with Crippen LogP contribution in [0.5, 0.6) is 5.75 Å². The van der Waals surface area contributed by atoms with Crippen molar-refractivity contribution in [3.63, 3.8) is 0 Å². The number of ether oxygens (including phenoxy) is 1. The molecule has 3 N–H and O–H groups in total. The van der Waals surface area contributed by atoms with E-state index >= 15 is 0 Å². The molecule has 90 valence electrons. The summed E-state index contributed by atoms with van der Waals surface area (Å²) in [5, 5.41) is 3.41. The molecule has 1 unspecified atom stereocenters. The Morgan fingerprint density at radius 2 is 2.25 bits per heavy atom. The minimum atomic E-state index is 0.564. The first-order chi connectivity index (χ1) is 7.72. The molecule has 1 rings (SSSR count). The molecule has 1 aromatic rings. The molecule has 0 saturated heterocycles. The summed E-state index contributed by atoms with van der Waals surface area (Å²) in [4.78, 5) is 0. The van der Waals surface area contributed by atoms with Crippen LogP contribution in [0.25, 0.3) is 0 Å². The van der Waals surface area contributed by atoms with E-state index in [1.165, 1.54) is 12.8 Å². The summed E-state index contributed by atoms with van der Waals surface area (Å²) < 4.78 is 5.57. The van der Waals surface area contributed by atoms with E-state index in [0.29, 0.717) is 12.6 Å². The minimum Gasteiger partial charge on any atom is -0.492 e. The van der Waals surface area contributed by atoms with Gasteiger partial charge in [0.1, 0.15) is 12.4 Å². The summed E-state index contributed by atoms with van der Waals surface area (Å²) >= 11 is 0. The van der Waals surface area contributed by atoms with Crippen molar-refractivity contribution in [3.8, 4) is 5.75 Å². The summed E-state index contributed by atoms with van der Waals surface area (Å²) in [5.41, 5.74) is 6.40. The fourth-order valence-electron chi connectivity index (χ4n) is 1.61. The van der Waals surface area contributed by atoms with Crippen LogP contribution in [-0.4, -0.2) is 19.2 Å². The molecule has 0 bridgehead atoms. The van der Waals surface area contributed by atoms with Crippen molar-refractivity contribution >= 4 is 5.69 Å². The summed E-state index contributed by atoms with van der Waals surface area (Å²) in [6.07, 6.45) is 2.42. The summed E-state index contributed by atoms with van der Waals surface area (Å²) in [6, 6.07) is 8.09. The highest BCUT2D eigenvalue weighted by Crippen LogP contribution is 2.13. The Bertz CT molecular complexity index is 302. The molecule has 0 saturated carbocycles. The van der Waals surface area contributed by atoms with Gasteiger partial charge in [-0.25, -0.2) is 0 Å². The smallest absolute Gasteiger partial charge is 0.121 e. The summed E-state index contributed by atoms with van der Waals surface area (Å²) in [6.45, 7) is 5.94. The molecule has 0 spiro atoms. The van der Waals surface area contributed by atoms with Crippen LogP contribution in [0.4, 0.5) is 5.69 Å². The third kappa shape index (κ3) is 5.03. The lowest BCUT2D eigenvalue weighted by molar-refractivity contribution is 0.305. The van der Waals surface area contributed by atoms with Crippen molar-refractivity contribution in [2.45, 2.75) is 32.7 Å². The van der Waals surface area contributed by atoms with Crippen molar-refractivity contribution in [3.05, 3.63) is 24.3 Å². The van der Waals surface area contributed by atoms with Gasteiger partial charge in [-0.05, 0) is 25.5 Å². The Balaban J connectivity index is 2.16. The Kier molecular flexibility index (Phi) is 5.72. The number of hydrogen-bond acceptors (Lipinski definition) is 3. The van der Waals surface area contributed by atoms with Crippen LogP contribution in [0, 0.1) is 0 Å². The maximum absolute atomic E-state index is 5.65. The molecule has 3 nitrogen and oxygen atoms in total. The topological polar surface area (TPSA) is 47.3 Å². The van der Waals surface area contributed by atoms with E-state index in [9.17, 15) is 0 Å². The molecular weight excluding hydrogens is 200 g/mol. The average Bonchev–Trinajstić information content (AvgIpc) is 2.25. The van der Waals surface area contributed by atoms with E-state index in [1.807, 2.05) is 24.3 Å². The number of nitrogen functional groups attached to an aromatic ring is 1. The second-order valence-electron chi connectivity index (χ2n) is 4.06. The molecule has 0 amide bonds. The molecule has 0 fully saturated rings. The lowest BCUT2D eigenvalue weighted by atomic mass is 10.2. The van der Waals surface area contributed by atoms with Crippen LogP contribution in [0.3, 0.4) is 0 Å². The van der Waals surface area contributed by atoms with Crippen LogP contribution in [0.15, 0.2) is 24.3 Å². The van der Waals surface area contributed by atoms with Gasteiger partial charge in [-0.1, -0.05) is 19.4 Å². The molecule has 0 radical (unpaired) electrons. The van der Waals surface area contributed by atoms with Crippen molar-refractivity contribution in [1.29, 1.82) is 0 Å². The van der Waals surface area contributed by atoms with Gasteiger partial charge in [0, 0.05) is 24.3 Å². The largest absolute Gasteiger partial charge is 0.492 e. The quantitative estimate of drug-likeness (QED) is 0.550. The van der Waals surface area contributed by atoms with Crippen LogP contribution in [0.2, 0.25) is 0 Å². The molecule has 0 aliphatic heterocycles. The van der Waals surface area contributed by atoms with Crippen LogP contribution >= 0.6 is 0 Å². The predicted octanol–water partition coefficient (Wildman–Crippen LogP) is 2.43. The first kappa shape index (κ1) is 12.8. The second-order valence-corrected chi connectivity index (χ2v) is 4.06. The standard InChI is InChI=1S/C13H22N2O/c1-3-5-11(2)15-8-9-16-13-7-4-6-12(14)10-13/h4,6-7,10-11,15H,3,5,8-9,14H2,1-2H3. The highest BCUT2D eigenvalue weighted by Gasteiger charge is 1.99. The van der Waals surface area contributed by atoms with Gasteiger partial charge in [-0.3, -0.25) is 0 Å². The molecule has 0 aromatic heterocycles. The second kappa shape index (κ2) is 7.12. The average molecular weight is 222 g/mol. The number of benzene rings is 1. The summed E-state index contributed by atoms with van der Waals surface area (Å²) in [5.74, 6) is 0.838. The van der Waals surface area contributed by atoms with Gasteiger partial charge in [0.25, 0.3) is 0 Å². The van der Waals surface area contributed by atoms with Crippen molar-refractivity contribution in [2.75, 3.05) is 18.9 Å². The van der Waals surface area contributed by atoms with E-state index in [0.717, 1.165) is 18.0 Å². The first-order valence-electron chi connectivity index (χ1n) is 5.94. The Morgan fingerprint density at radius 1 is 1.44 bits per heavy atom. The third-order valence-corrected chi connectivity index (χ3v) is 2.44.